The lowest BCUT2D eigenvalue weighted by Crippen LogP contribution is -2.47. The van der Waals surface area contributed by atoms with Crippen LogP contribution >= 0.6 is 0 Å². The third-order valence-corrected chi connectivity index (χ3v) is 3.80. The van der Waals surface area contributed by atoms with E-state index in [9.17, 15) is 9.59 Å². The van der Waals surface area contributed by atoms with Crippen molar-refractivity contribution >= 4 is 17.7 Å². The summed E-state index contributed by atoms with van der Waals surface area (Å²) >= 11 is 0. The highest BCUT2D eigenvalue weighted by molar-refractivity contribution is 5.90. The zero-order chi connectivity index (χ0) is 15.6. The molecule has 2 N–H and O–H groups in total. The molecule has 1 saturated heterocycles. The molecule has 2 heterocycles. The Hall–Kier alpha value is -2.05. The van der Waals surface area contributed by atoms with Gasteiger partial charge in [-0.2, -0.15) is 0 Å². The van der Waals surface area contributed by atoms with Gasteiger partial charge in [0.2, 0.25) is 0 Å². The van der Waals surface area contributed by atoms with Crippen LogP contribution in [0.5, 0.6) is 0 Å². The van der Waals surface area contributed by atoms with E-state index in [0.717, 1.165) is 0 Å². The molecule has 0 bridgehead atoms. The number of aliphatic carboxylic acids is 1. The number of carboxylic acid groups (broad SMARTS) is 1. The number of aryl methyl sites for hydroxylation is 2. The molecule has 2 atom stereocenters. The quantitative estimate of drug-likeness (QED) is 0.890. The Balaban J connectivity index is 2.09. The van der Waals surface area contributed by atoms with Gasteiger partial charge in [-0.25, -0.2) is 4.79 Å². The van der Waals surface area contributed by atoms with E-state index >= 15 is 0 Å². The van der Waals surface area contributed by atoms with Crippen molar-refractivity contribution in [2.45, 2.75) is 33.6 Å². The van der Waals surface area contributed by atoms with Crippen LogP contribution in [-0.2, 0) is 11.2 Å². The van der Waals surface area contributed by atoms with Crippen molar-refractivity contribution in [1.29, 1.82) is 0 Å². The van der Waals surface area contributed by atoms with Crippen LogP contribution in [-0.4, -0.2) is 40.3 Å². The minimum atomic E-state index is -0.852. The highest BCUT2D eigenvalue weighted by atomic mass is 16.5. The fourth-order valence-corrected chi connectivity index (χ4v) is 2.70. The van der Waals surface area contributed by atoms with Gasteiger partial charge in [0.15, 0.2) is 5.76 Å². The molecule has 2 unspecified atom stereocenters. The van der Waals surface area contributed by atoms with Crippen LogP contribution in [0.2, 0.25) is 0 Å². The van der Waals surface area contributed by atoms with Gasteiger partial charge < -0.3 is 19.8 Å². The molecule has 2 amide bonds. The van der Waals surface area contributed by atoms with Crippen molar-refractivity contribution in [2.24, 2.45) is 11.8 Å². The van der Waals surface area contributed by atoms with Crippen molar-refractivity contribution in [2.75, 3.05) is 18.4 Å². The maximum Gasteiger partial charge on any atom is 0.322 e. The number of aromatic nitrogens is 1. The van der Waals surface area contributed by atoms with Crippen molar-refractivity contribution in [3.05, 3.63) is 11.5 Å². The Kier molecular flexibility index (Phi) is 4.50. The molecule has 0 spiro atoms. The molecule has 0 saturated carbocycles. The van der Waals surface area contributed by atoms with Crippen molar-refractivity contribution in [3.63, 3.8) is 0 Å². The smallest absolute Gasteiger partial charge is 0.322 e. The molecule has 7 nitrogen and oxygen atoms in total. The van der Waals surface area contributed by atoms with Crippen LogP contribution in [0.4, 0.5) is 10.5 Å². The number of anilines is 1. The number of amides is 2. The van der Waals surface area contributed by atoms with Crippen LogP contribution in [0, 0.1) is 18.8 Å². The number of hydrogen-bond acceptors (Lipinski definition) is 4. The molecule has 1 aliphatic heterocycles. The van der Waals surface area contributed by atoms with Gasteiger partial charge >= 0.3 is 12.0 Å². The monoisotopic (exact) mass is 295 g/mol. The number of carbonyl (C=O) groups excluding carboxylic acids is 1. The van der Waals surface area contributed by atoms with Crippen LogP contribution in [0.25, 0.3) is 0 Å². The summed E-state index contributed by atoms with van der Waals surface area (Å²) in [5.41, 5.74) is 1.29. The van der Waals surface area contributed by atoms with Crippen molar-refractivity contribution in [1.82, 2.24) is 10.1 Å². The van der Waals surface area contributed by atoms with Gasteiger partial charge in [-0.1, -0.05) is 19.0 Å². The normalized spacial score (nSPS) is 22.1. The fraction of sp³-hybridized carbons (Fsp3) is 0.643. The van der Waals surface area contributed by atoms with Gasteiger partial charge in [0.1, 0.15) is 11.4 Å². The minimum absolute atomic E-state index is 0.166. The number of piperidine rings is 1. The lowest BCUT2D eigenvalue weighted by atomic mass is 9.91. The number of hydrogen-bond donors (Lipinski definition) is 2. The Labute approximate surface area is 123 Å². The summed E-state index contributed by atoms with van der Waals surface area (Å²) in [6, 6.07) is -0.297. The van der Waals surface area contributed by atoms with E-state index in [2.05, 4.69) is 10.5 Å². The van der Waals surface area contributed by atoms with Crippen LogP contribution < -0.4 is 5.32 Å². The van der Waals surface area contributed by atoms with E-state index in [4.69, 9.17) is 9.63 Å². The van der Waals surface area contributed by atoms with E-state index in [1.807, 2.05) is 13.8 Å². The average molecular weight is 295 g/mol. The lowest BCUT2D eigenvalue weighted by molar-refractivity contribution is -0.143. The molecule has 1 fully saturated rings. The Morgan fingerprint density at radius 3 is 2.81 bits per heavy atom. The van der Waals surface area contributed by atoms with E-state index < -0.39 is 11.9 Å². The first-order valence-electron chi connectivity index (χ1n) is 7.16. The predicted molar refractivity (Wildman–Crippen MR) is 76.1 cm³/mol. The summed E-state index contributed by atoms with van der Waals surface area (Å²) in [5, 5.41) is 15.8. The topological polar surface area (TPSA) is 95.7 Å². The largest absolute Gasteiger partial charge is 0.481 e. The van der Waals surface area contributed by atoms with E-state index in [0.29, 0.717) is 36.5 Å². The first kappa shape index (κ1) is 15.3. The summed E-state index contributed by atoms with van der Waals surface area (Å²) in [6.07, 6.45) is 1.26. The number of carbonyl (C=O) groups is 2. The van der Waals surface area contributed by atoms with Crippen molar-refractivity contribution < 1.29 is 19.2 Å². The second-order valence-corrected chi connectivity index (χ2v) is 5.63. The second-order valence-electron chi connectivity index (χ2n) is 5.63. The number of likely N-dealkylation sites (tertiary alicyclic amines) is 1. The molecule has 1 aliphatic rings. The summed E-state index contributed by atoms with van der Waals surface area (Å²) in [7, 11) is 0. The van der Waals surface area contributed by atoms with Gasteiger partial charge in [-0.05, 0) is 25.7 Å². The van der Waals surface area contributed by atoms with Gasteiger partial charge in [0, 0.05) is 13.1 Å². The summed E-state index contributed by atoms with van der Waals surface area (Å²) in [6.45, 7) is 6.41. The summed E-state index contributed by atoms with van der Waals surface area (Å²) in [4.78, 5) is 25.1. The highest BCUT2D eigenvalue weighted by Gasteiger charge is 2.32. The summed E-state index contributed by atoms with van der Waals surface area (Å²) < 4.78 is 5.08. The van der Waals surface area contributed by atoms with Crippen LogP contribution in [0.1, 0.15) is 31.7 Å². The SMILES string of the molecule is CCc1noc(C)c1NC(=O)N1CC(C)CC(C(=O)O)C1. The number of carboxylic acids is 1. The second kappa shape index (κ2) is 6.15. The maximum atomic E-state index is 12.4. The molecule has 1 aromatic rings. The Morgan fingerprint density at radius 2 is 2.19 bits per heavy atom. The van der Waals surface area contributed by atoms with Gasteiger partial charge in [-0.3, -0.25) is 4.79 Å². The van der Waals surface area contributed by atoms with Crippen molar-refractivity contribution in [3.8, 4) is 0 Å². The Bertz CT molecular complexity index is 540. The maximum absolute atomic E-state index is 12.4. The molecular formula is C14H21N3O4. The molecule has 0 radical (unpaired) electrons. The van der Waals surface area contributed by atoms with Gasteiger partial charge in [-0.15, -0.1) is 0 Å². The predicted octanol–water partition coefficient (Wildman–Crippen LogP) is 2.12. The third kappa shape index (κ3) is 3.34. The first-order chi connectivity index (χ1) is 9.92. The number of nitrogens with one attached hydrogen (secondary N) is 1. The number of urea groups is 1. The molecule has 2 rings (SSSR count). The number of rotatable bonds is 3. The molecular weight excluding hydrogens is 274 g/mol. The van der Waals surface area contributed by atoms with Gasteiger partial charge in [0.05, 0.1) is 5.92 Å². The van der Waals surface area contributed by atoms with Crippen LogP contribution in [0.3, 0.4) is 0 Å². The number of nitrogens with zero attached hydrogens (tertiary/aromatic N) is 2. The average Bonchev–Trinajstić information content (AvgIpc) is 2.78. The molecule has 21 heavy (non-hydrogen) atoms. The van der Waals surface area contributed by atoms with Crippen LogP contribution in [0.15, 0.2) is 4.52 Å². The fourth-order valence-electron chi connectivity index (χ4n) is 2.70. The molecule has 1 aromatic heterocycles. The first-order valence-corrected chi connectivity index (χ1v) is 7.16. The lowest BCUT2D eigenvalue weighted by Gasteiger charge is -2.34. The van der Waals surface area contributed by atoms with Gasteiger partial charge in [0.25, 0.3) is 0 Å². The minimum Gasteiger partial charge on any atom is -0.481 e. The highest BCUT2D eigenvalue weighted by Crippen LogP contribution is 2.24. The molecule has 116 valence electrons. The van der Waals surface area contributed by atoms with E-state index in [1.165, 1.54) is 0 Å². The molecule has 7 heteroatoms. The molecule has 0 aliphatic carbocycles. The molecule has 0 aromatic carbocycles. The van der Waals surface area contributed by atoms with E-state index in [-0.39, 0.29) is 18.5 Å². The third-order valence-electron chi connectivity index (χ3n) is 3.80. The van der Waals surface area contributed by atoms with E-state index in [1.54, 1.807) is 11.8 Å². The zero-order valence-electron chi connectivity index (χ0n) is 12.5. The standard InChI is InChI=1S/C14H21N3O4/c1-4-11-12(9(3)21-16-11)15-14(20)17-6-8(2)5-10(7-17)13(18)19/h8,10H,4-7H2,1-3H3,(H,15,20)(H,18,19). The summed E-state index contributed by atoms with van der Waals surface area (Å²) in [5.74, 6) is -0.636. The Morgan fingerprint density at radius 1 is 1.48 bits per heavy atom. The zero-order valence-corrected chi connectivity index (χ0v) is 12.5.